The Balaban J connectivity index is 1.50. The molecule has 1 aromatic heterocycles. The zero-order valence-electron chi connectivity index (χ0n) is 18.8. The molecule has 2 aliphatic rings. The van der Waals surface area contributed by atoms with Crippen molar-refractivity contribution in [3.63, 3.8) is 0 Å². The molecule has 2 aromatic rings. The molecule has 1 unspecified atom stereocenters. The molecule has 7 nitrogen and oxygen atoms in total. The lowest BCUT2D eigenvalue weighted by molar-refractivity contribution is 0.0513. The summed E-state index contributed by atoms with van der Waals surface area (Å²) in [5.74, 6) is 0.840. The van der Waals surface area contributed by atoms with Crippen molar-refractivity contribution in [3.05, 3.63) is 47.3 Å². The van der Waals surface area contributed by atoms with Gasteiger partial charge in [-0.2, -0.15) is 9.78 Å². The Labute approximate surface area is 183 Å². The van der Waals surface area contributed by atoms with Gasteiger partial charge in [-0.25, -0.2) is 4.79 Å². The van der Waals surface area contributed by atoms with Crippen LogP contribution in [0.2, 0.25) is 0 Å². The molecule has 0 bridgehead atoms. The van der Waals surface area contributed by atoms with Gasteiger partial charge in [0.05, 0.1) is 12.3 Å². The molecule has 1 fully saturated rings. The van der Waals surface area contributed by atoms with E-state index in [1.165, 1.54) is 4.68 Å². The number of hydrogen-bond donors (Lipinski definition) is 0. The van der Waals surface area contributed by atoms with Gasteiger partial charge in [0.25, 0.3) is 5.91 Å². The Morgan fingerprint density at radius 1 is 1.13 bits per heavy atom. The van der Waals surface area contributed by atoms with Crippen LogP contribution in [-0.2, 0) is 17.6 Å². The van der Waals surface area contributed by atoms with Gasteiger partial charge in [0.1, 0.15) is 11.4 Å². The third-order valence-corrected chi connectivity index (χ3v) is 5.61. The molecule has 4 rings (SSSR count). The fourth-order valence-corrected chi connectivity index (χ4v) is 4.12. The highest BCUT2D eigenvalue weighted by atomic mass is 16.6. The van der Waals surface area contributed by atoms with Gasteiger partial charge in [0, 0.05) is 23.8 Å². The Bertz CT molecular complexity index is 954. The lowest BCUT2D eigenvalue weighted by Crippen LogP contribution is -2.44. The van der Waals surface area contributed by atoms with Crippen LogP contribution in [0.1, 0.15) is 68.6 Å². The number of amides is 1. The topological polar surface area (TPSA) is 73.7 Å². The Kier molecular flexibility index (Phi) is 5.77. The maximum absolute atomic E-state index is 13.4. The average Bonchev–Trinajstić information content (AvgIpc) is 3.44. The number of carbonyl (C=O) groups is 2. The summed E-state index contributed by atoms with van der Waals surface area (Å²) in [5.41, 5.74) is 2.06. The number of benzene rings is 1. The highest BCUT2D eigenvalue weighted by Gasteiger charge is 2.39. The van der Waals surface area contributed by atoms with Crippen LogP contribution >= 0.6 is 0 Å². The molecule has 0 radical (unpaired) electrons. The summed E-state index contributed by atoms with van der Waals surface area (Å²) in [5, 5.41) is 4.44. The van der Waals surface area contributed by atoms with Crippen LogP contribution in [0.15, 0.2) is 30.5 Å². The summed E-state index contributed by atoms with van der Waals surface area (Å²) in [6, 6.07) is 7.80. The van der Waals surface area contributed by atoms with Gasteiger partial charge in [-0.15, -0.1) is 0 Å². The van der Waals surface area contributed by atoms with E-state index in [1.54, 1.807) is 6.20 Å². The molecule has 0 spiro atoms. The maximum Gasteiger partial charge on any atom is 0.435 e. The second-order valence-electron chi connectivity index (χ2n) is 9.32. The smallest absolute Gasteiger partial charge is 0.435 e. The summed E-state index contributed by atoms with van der Waals surface area (Å²) < 4.78 is 12.2. The highest BCUT2D eigenvalue weighted by Crippen LogP contribution is 2.35. The van der Waals surface area contributed by atoms with Gasteiger partial charge in [-0.05, 0) is 89.6 Å². The first-order valence-corrected chi connectivity index (χ1v) is 11.1. The van der Waals surface area contributed by atoms with E-state index in [4.69, 9.17) is 9.47 Å². The Morgan fingerprint density at radius 3 is 2.45 bits per heavy atom. The SMILES string of the molecule is CCOc1ccc(C(=O)N(C2CC2)C2CCc3nn(C(=O)OC(C)(C)C)cc3C2)cc1. The molecule has 2 aliphatic carbocycles. The van der Waals surface area contributed by atoms with Crippen LogP contribution in [0.25, 0.3) is 0 Å². The van der Waals surface area contributed by atoms with E-state index in [0.717, 1.165) is 42.7 Å². The van der Waals surface area contributed by atoms with Crippen LogP contribution in [0.4, 0.5) is 4.79 Å². The first-order chi connectivity index (χ1) is 14.7. The number of nitrogens with zero attached hydrogens (tertiary/aromatic N) is 3. The van der Waals surface area contributed by atoms with Crippen LogP contribution < -0.4 is 4.74 Å². The largest absolute Gasteiger partial charge is 0.494 e. The number of fused-ring (bicyclic) bond motifs is 1. The number of aryl methyl sites for hydroxylation is 1. The minimum absolute atomic E-state index is 0.0681. The van der Waals surface area contributed by atoms with Crippen molar-refractivity contribution < 1.29 is 19.1 Å². The van der Waals surface area contributed by atoms with E-state index in [-0.39, 0.29) is 11.9 Å². The minimum Gasteiger partial charge on any atom is -0.494 e. The number of hydrogen-bond acceptors (Lipinski definition) is 5. The van der Waals surface area contributed by atoms with Crippen LogP contribution in [0.5, 0.6) is 5.75 Å². The summed E-state index contributed by atoms with van der Waals surface area (Å²) in [7, 11) is 0. The molecule has 0 saturated heterocycles. The van der Waals surface area contributed by atoms with Crippen molar-refractivity contribution in [1.82, 2.24) is 14.7 Å². The van der Waals surface area contributed by atoms with Crippen molar-refractivity contribution in [3.8, 4) is 5.75 Å². The first-order valence-electron chi connectivity index (χ1n) is 11.1. The standard InChI is InChI=1S/C24H31N3O4/c1-5-30-20-11-6-16(7-12-20)22(28)27(18-8-9-18)19-10-13-21-17(14-19)15-26(25-21)23(29)31-24(2,3)4/h6-7,11-12,15,18-19H,5,8-10,13-14H2,1-4H3. The highest BCUT2D eigenvalue weighted by molar-refractivity contribution is 5.95. The fourth-order valence-electron chi connectivity index (χ4n) is 4.12. The molecule has 1 aromatic carbocycles. The van der Waals surface area contributed by atoms with Crippen LogP contribution in [0, 0.1) is 0 Å². The third kappa shape index (κ3) is 4.92. The Hall–Kier alpha value is -2.83. The molecule has 1 saturated carbocycles. The molecule has 1 atom stereocenters. The van der Waals surface area contributed by atoms with Crippen molar-refractivity contribution in [2.45, 2.75) is 77.5 Å². The van der Waals surface area contributed by atoms with E-state index in [1.807, 2.05) is 52.0 Å². The van der Waals surface area contributed by atoms with Crippen LogP contribution in [0.3, 0.4) is 0 Å². The van der Waals surface area contributed by atoms with E-state index in [2.05, 4.69) is 10.00 Å². The monoisotopic (exact) mass is 425 g/mol. The lowest BCUT2D eigenvalue weighted by Gasteiger charge is -2.34. The fraction of sp³-hybridized carbons (Fsp3) is 0.542. The molecule has 0 N–H and O–H groups in total. The molecule has 1 heterocycles. The third-order valence-electron chi connectivity index (χ3n) is 5.61. The molecule has 1 amide bonds. The first kappa shape index (κ1) is 21.4. The van der Waals surface area contributed by atoms with E-state index >= 15 is 0 Å². The van der Waals surface area contributed by atoms with Gasteiger partial charge in [-0.3, -0.25) is 4.79 Å². The molecule has 7 heteroatoms. The van der Waals surface area contributed by atoms with Gasteiger partial charge in [-0.1, -0.05) is 0 Å². The number of ether oxygens (including phenoxy) is 2. The van der Waals surface area contributed by atoms with E-state index in [9.17, 15) is 9.59 Å². The predicted molar refractivity (Wildman–Crippen MR) is 116 cm³/mol. The molecular formula is C24H31N3O4. The second-order valence-corrected chi connectivity index (χ2v) is 9.32. The number of carbonyl (C=O) groups excluding carboxylic acids is 2. The Morgan fingerprint density at radius 2 is 1.84 bits per heavy atom. The van der Waals surface area contributed by atoms with Crippen molar-refractivity contribution in [2.24, 2.45) is 0 Å². The molecule has 31 heavy (non-hydrogen) atoms. The molecule has 166 valence electrons. The lowest BCUT2D eigenvalue weighted by atomic mass is 9.91. The van der Waals surface area contributed by atoms with E-state index in [0.29, 0.717) is 24.6 Å². The summed E-state index contributed by atoms with van der Waals surface area (Å²) in [6.45, 7) is 8.05. The second kappa shape index (κ2) is 8.36. The molecule has 0 aliphatic heterocycles. The quantitative estimate of drug-likeness (QED) is 0.717. The minimum atomic E-state index is -0.570. The summed E-state index contributed by atoms with van der Waals surface area (Å²) in [6.07, 6.45) is 5.68. The predicted octanol–water partition coefficient (Wildman–Crippen LogP) is 4.23. The van der Waals surface area contributed by atoms with Gasteiger partial charge in [0.15, 0.2) is 0 Å². The maximum atomic E-state index is 13.4. The van der Waals surface area contributed by atoms with Gasteiger partial charge >= 0.3 is 6.09 Å². The van der Waals surface area contributed by atoms with Crippen molar-refractivity contribution in [2.75, 3.05) is 6.61 Å². The average molecular weight is 426 g/mol. The van der Waals surface area contributed by atoms with E-state index < -0.39 is 11.7 Å². The van der Waals surface area contributed by atoms with Gasteiger partial charge in [0.2, 0.25) is 0 Å². The van der Waals surface area contributed by atoms with Gasteiger partial charge < -0.3 is 14.4 Å². The number of rotatable bonds is 5. The normalized spacial score (nSPS) is 18.3. The van der Waals surface area contributed by atoms with Crippen molar-refractivity contribution in [1.29, 1.82) is 0 Å². The zero-order chi connectivity index (χ0) is 22.2. The summed E-state index contributed by atoms with van der Waals surface area (Å²) >= 11 is 0. The molecular weight excluding hydrogens is 394 g/mol. The number of aromatic nitrogens is 2. The van der Waals surface area contributed by atoms with Crippen molar-refractivity contribution >= 4 is 12.0 Å². The summed E-state index contributed by atoms with van der Waals surface area (Å²) in [4.78, 5) is 27.8. The zero-order valence-corrected chi connectivity index (χ0v) is 18.8. The van der Waals surface area contributed by atoms with Crippen LogP contribution in [-0.4, -0.2) is 51.0 Å².